The highest BCUT2D eigenvalue weighted by Gasteiger charge is 2.32. The third kappa shape index (κ3) is 4.60. The summed E-state index contributed by atoms with van der Waals surface area (Å²) >= 11 is 0. The maximum Gasteiger partial charge on any atom is 0.0536 e. The van der Waals surface area contributed by atoms with Crippen molar-refractivity contribution in [3.8, 4) is 0 Å². The van der Waals surface area contributed by atoms with E-state index in [1.54, 1.807) is 0 Å². The molecule has 20 heavy (non-hydrogen) atoms. The molecule has 2 atom stereocenters. The minimum atomic E-state index is -0.303. The first-order valence-corrected chi connectivity index (χ1v) is 8.12. The fourth-order valence-corrected chi connectivity index (χ4v) is 2.64. The third-order valence-electron chi connectivity index (χ3n) is 4.41. The Labute approximate surface area is 125 Å². The Balaban J connectivity index is 2.82. The van der Waals surface area contributed by atoms with E-state index in [0.29, 0.717) is 6.04 Å². The van der Waals surface area contributed by atoms with Crippen molar-refractivity contribution in [3.05, 3.63) is 35.9 Å². The van der Waals surface area contributed by atoms with E-state index in [2.05, 4.69) is 62.9 Å². The first kappa shape index (κ1) is 17.2. The van der Waals surface area contributed by atoms with Crippen molar-refractivity contribution in [2.24, 2.45) is 5.73 Å². The van der Waals surface area contributed by atoms with Crippen molar-refractivity contribution in [1.29, 1.82) is 0 Å². The predicted molar refractivity (Wildman–Crippen MR) is 88.8 cm³/mol. The van der Waals surface area contributed by atoms with Crippen molar-refractivity contribution in [2.45, 2.75) is 65.0 Å². The van der Waals surface area contributed by atoms with Crippen molar-refractivity contribution >= 4 is 0 Å². The lowest BCUT2D eigenvalue weighted by atomic mass is 9.85. The second-order valence-electron chi connectivity index (χ2n) is 6.07. The minimum absolute atomic E-state index is 0.303. The summed E-state index contributed by atoms with van der Waals surface area (Å²) in [6, 6.07) is 10.9. The molecule has 0 aliphatic rings. The van der Waals surface area contributed by atoms with E-state index in [-0.39, 0.29) is 5.54 Å². The number of nitrogens with zero attached hydrogens (tertiary/aromatic N) is 1. The van der Waals surface area contributed by atoms with Gasteiger partial charge in [0.25, 0.3) is 0 Å². The number of unbranched alkanes of at least 4 members (excludes halogenated alkanes) is 2. The lowest BCUT2D eigenvalue weighted by Gasteiger charge is -2.40. The smallest absolute Gasteiger partial charge is 0.0536 e. The monoisotopic (exact) mass is 276 g/mol. The molecule has 2 nitrogen and oxygen atoms in total. The van der Waals surface area contributed by atoms with Gasteiger partial charge in [-0.1, -0.05) is 57.0 Å². The van der Waals surface area contributed by atoms with Crippen LogP contribution in [-0.4, -0.2) is 24.0 Å². The van der Waals surface area contributed by atoms with Crippen LogP contribution in [0.2, 0.25) is 0 Å². The van der Waals surface area contributed by atoms with Gasteiger partial charge in [-0.25, -0.2) is 0 Å². The summed E-state index contributed by atoms with van der Waals surface area (Å²) in [6.07, 6.45) is 4.97. The lowest BCUT2D eigenvalue weighted by molar-refractivity contribution is 0.136. The molecule has 1 rings (SSSR count). The summed E-state index contributed by atoms with van der Waals surface area (Å²) in [7, 11) is 0. The molecule has 0 heterocycles. The van der Waals surface area contributed by atoms with E-state index < -0.39 is 0 Å². The highest BCUT2D eigenvalue weighted by atomic mass is 15.2. The van der Waals surface area contributed by atoms with Gasteiger partial charge in [0, 0.05) is 6.04 Å². The van der Waals surface area contributed by atoms with Crippen LogP contribution >= 0.6 is 0 Å². The van der Waals surface area contributed by atoms with Crippen LogP contribution in [0.4, 0.5) is 0 Å². The molecule has 114 valence electrons. The Hall–Kier alpha value is -0.860. The van der Waals surface area contributed by atoms with Crippen LogP contribution in [0.5, 0.6) is 0 Å². The van der Waals surface area contributed by atoms with E-state index in [9.17, 15) is 0 Å². The first-order valence-electron chi connectivity index (χ1n) is 8.12. The molecule has 1 aromatic rings. The van der Waals surface area contributed by atoms with E-state index in [0.717, 1.165) is 13.1 Å². The number of hydrogen-bond acceptors (Lipinski definition) is 2. The summed E-state index contributed by atoms with van der Waals surface area (Å²) in [5, 5.41) is 0. The molecule has 0 saturated carbocycles. The van der Waals surface area contributed by atoms with E-state index in [4.69, 9.17) is 5.73 Å². The van der Waals surface area contributed by atoms with Crippen LogP contribution in [0.1, 0.15) is 58.9 Å². The normalized spacial score (nSPS) is 16.1. The zero-order valence-electron chi connectivity index (χ0n) is 13.7. The number of benzene rings is 1. The van der Waals surface area contributed by atoms with Crippen molar-refractivity contribution in [2.75, 3.05) is 13.1 Å². The zero-order chi connectivity index (χ0) is 15.0. The van der Waals surface area contributed by atoms with Gasteiger partial charge in [-0.2, -0.15) is 0 Å². The molecule has 0 fully saturated rings. The molecule has 0 aliphatic heterocycles. The molecular weight excluding hydrogens is 244 g/mol. The molecule has 0 radical (unpaired) electrons. The lowest BCUT2D eigenvalue weighted by Crippen LogP contribution is -2.53. The molecule has 0 saturated heterocycles. The molecule has 1 aromatic carbocycles. The minimum Gasteiger partial charge on any atom is -0.320 e. The third-order valence-corrected chi connectivity index (χ3v) is 4.41. The first-order chi connectivity index (χ1) is 9.54. The van der Waals surface area contributed by atoms with E-state index in [1.165, 1.54) is 31.2 Å². The number of hydrogen-bond donors (Lipinski definition) is 1. The van der Waals surface area contributed by atoms with Gasteiger partial charge in [-0.15, -0.1) is 0 Å². The molecule has 0 spiro atoms. The van der Waals surface area contributed by atoms with Crippen molar-refractivity contribution < 1.29 is 0 Å². The molecular formula is C18H32N2. The fraction of sp³-hybridized carbons (Fsp3) is 0.667. The maximum absolute atomic E-state index is 6.68. The summed E-state index contributed by atoms with van der Waals surface area (Å²) in [6.45, 7) is 11.2. The quantitative estimate of drug-likeness (QED) is 0.734. The summed E-state index contributed by atoms with van der Waals surface area (Å²) in [4.78, 5) is 2.57. The zero-order valence-corrected chi connectivity index (χ0v) is 13.7. The predicted octanol–water partition coefficient (Wildman–Crippen LogP) is 4.15. The molecule has 0 aromatic heterocycles. The Kier molecular flexibility index (Phi) is 7.25. The molecule has 0 aliphatic carbocycles. The highest BCUT2D eigenvalue weighted by molar-refractivity contribution is 5.25. The van der Waals surface area contributed by atoms with Crippen LogP contribution in [0, 0.1) is 0 Å². The van der Waals surface area contributed by atoms with Gasteiger partial charge in [0.05, 0.1) is 5.54 Å². The average molecular weight is 276 g/mol. The van der Waals surface area contributed by atoms with Crippen LogP contribution in [-0.2, 0) is 5.54 Å². The Morgan fingerprint density at radius 1 is 1.05 bits per heavy atom. The van der Waals surface area contributed by atoms with E-state index in [1.807, 2.05) is 0 Å². The van der Waals surface area contributed by atoms with Gasteiger partial charge >= 0.3 is 0 Å². The van der Waals surface area contributed by atoms with Crippen LogP contribution in [0.3, 0.4) is 0 Å². The van der Waals surface area contributed by atoms with Crippen LogP contribution in [0.25, 0.3) is 0 Å². The van der Waals surface area contributed by atoms with Crippen molar-refractivity contribution in [3.63, 3.8) is 0 Å². The van der Waals surface area contributed by atoms with Gasteiger partial charge in [0.2, 0.25) is 0 Å². The Morgan fingerprint density at radius 2 is 1.55 bits per heavy atom. The molecule has 2 N–H and O–H groups in total. The van der Waals surface area contributed by atoms with Gasteiger partial charge in [-0.3, -0.25) is 4.90 Å². The summed E-state index contributed by atoms with van der Waals surface area (Å²) in [5.74, 6) is 0. The second-order valence-corrected chi connectivity index (χ2v) is 6.07. The Morgan fingerprint density at radius 3 is 2.00 bits per heavy atom. The van der Waals surface area contributed by atoms with Crippen LogP contribution in [0.15, 0.2) is 30.3 Å². The van der Waals surface area contributed by atoms with Gasteiger partial charge in [0.15, 0.2) is 0 Å². The SMILES string of the molecule is CCCCN(CCCC)C(C)C(C)(N)c1ccccc1. The van der Waals surface area contributed by atoms with Gasteiger partial charge < -0.3 is 5.73 Å². The topological polar surface area (TPSA) is 29.3 Å². The largest absolute Gasteiger partial charge is 0.320 e. The highest BCUT2D eigenvalue weighted by Crippen LogP contribution is 2.25. The van der Waals surface area contributed by atoms with Gasteiger partial charge in [-0.05, 0) is 45.3 Å². The molecule has 0 amide bonds. The standard InChI is InChI=1S/C18H32N2/c1-5-7-14-20(15-8-6-2)16(3)18(4,19)17-12-10-9-11-13-17/h9-13,16H,5-8,14-15,19H2,1-4H3. The molecule has 0 bridgehead atoms. The summed E-state index contributed by atoms with van der Waals surface area (Å²) < 4.78 is 0. The number of rotatable bonds is 9. The summed E-state index contributed by atoms with van der Waals surface area (Å²) in [5.41, 5.74) is 7.61. The Bertz CT molecular complexity index is 351. The second kappa shape index (κ2) is 8.43. The van der Waals surface area contributed by atoms with Gasteiger partial charge in [0.1, 0.15) is 0 Å². The molecule has 2 unspecified atom stereocenters. The van der Waals surface area contributed by atoms with Crippen LogP contribution < -0.4 is 5.73 Å². The average Bonchev–Trinajstić information content (AvgIpc) is 2.47. The molecule has 2 heteroatoms. The maximum atomic E-state index is 6.68. The van der Waals surface area contributed by atoms with Crippen molar-refractivity contribution in [1.82, 2.24) is 4.90 Å². The fourth-order valence-electron chi connectivity index (χ4n) is 2.64. The van der Waals surface area contributed by atoms with E-state index >= 15 is 0 Å². The number of nitrogens with two attached hydrogens (primary N) is 1.